The van der Waals surface area contributed by atoms with Crippen LogP contribution in [-0.4, -0.2) is 0 Å². The monoisotopic (exact) mass is 201 g/mol. The van der Waals surface area contributed by atoms with E-state index >= 15 is 0 Å². The van der Waals surface area contributed by atoms with Gasteiger partial charge in [0.1, 0.15) is 5.82 Å². The standard InChI is InChI=1S/C8H10FNS.C2H6/c1-5-6(2)8(10-11)4-3-7(5)9;1-2/h3-4,10-11H,1-2H3;1-2H3. The van der Waals surface area contributed by atoms with Gasteiger partial charge in [-0.15, -0.1) is 0 Å². The lowest BCUT2D eigenvalue weighted by Gasteiger charge is -2.07. The maximum Gasteiger partial charge on any atom is 0.126 e. The maximum absolute atomic E-state index is 12.8. The first-order valence-electron chi connectivity index (χ1n) is 4.32. The first-order chi connectivity index (χ1) is 6.16. The molecule has 0 amide bonds. The normalized spacial score (nSPS) is 8.77. The summed E-state index contributed by atoms with van der Waals surface area (Å²) < 4.78 is 15.5. The summed E-state index contributed by atoms with van der Waals surface area (Å²) in [6, 6.07) is 3.10. The Morgan fingerprint density at radius 2 is 1.69 bits per heavy atom. The van der Waals surface area contributed by atoms with Gasteiger partial charge in [0.15, 0.2) is 0 Å². The van der Waals surface area contributed by atoms with Gasteiger partial charge in [0.05, 0.1) is 0 Å². The lowest BCUT2D eigenvalue weighted by Crippen LogP contribution is -1.92. The Morgan fingerprint density at radius 1 is 1.15 bits per heavy atom. The third-order valence-electron chi connectivity index (χ3n) is 1.84. The molecule has 0 aliphatic rings. The fourth-order valence-electron chi connectivity index (χ4n) is 0.909. The average molecular weight is 201 g/mol. The molecule has 0 radical (unpaired) electrons. The highest BCUT2D eigenvalue weighted by Gasteiger charge is 2.03. The second-order valence-corrected chi connectivity index (χ2v) is 2.68. The molecule has 0 saturated heterocycles. The molecule has 13 heavy (non-hydrogen) atoms. The molecule has 3 heteroatoms. The van der Waals surface area contributed by atoms with Crippen molar-refractivity contribution in [3.05, 3.63) is 29.1 Å². The number of hydrogen-bond donors (Lipinski definition) is 2. The van der Waals surface area contributed by atoms with Crippen LogP contribution in [0.2, 0.25) is 0 Å². The van der Waals surface area contributed by atoms with E-state index in [1.807, 2.05) is 20.8 Å². The Morgan fingerprint density at radius 3 is 2.15 bits per heavy atom. The number of nitrogens with one attached hydrogen (secondary N) is 1. The molecule has 1 aromatic rings. The molecular formula is C10H16FNS. The lowest BCUT2D eigenvalue weighted by molar-refractivity contribution is 0.617. The quantitative estimate of drug-likeness (QED) is 0.660. The summed E-state index contributed by atoms with van der Waals surface area (Å²) in [7, 11) is 0. The lowest BCUT2D eigenvalue weighted by atomic mass is 10.1. The molecule has 0 aliphatic heterocycles. The Kier molecular flexibility index (Phi) is 5.55. The Bertz CT molecular complexity index is 274. The van der Waals surface area contributed by atoms with Crippen LogP contribution < -0.4 is 4.72 Å². The van der Waals surface area contributed by atoms with E-state index in [4.69, 9.17) is 0 Å². The highest BCUT2D eigenvalue weighted by molar-refractivity contribution is 7.81. The number of benzene rings is 1. The molecule has 0 saturated carbocycles. The van der Waals surface area contributed by atoms with Crippen molar-refractivity contribution in [3.63, 3.8) is 0 Å². The van der Waals surface area contributed by atoms with Crippen LogP contribution >= 0.6 is 12.8 Å². The fourth-order valence-corrected chi connectivity index (χ4v) is 1.15. The summed E-state index contributed by atoms with van der Waals surface area (Å²) in [5.74, 6) is -0.171. The molecule has 0 aromatic heterocycles. The molecule has 0 spiro atoms. The summed E-state index contributed by atoms with van der Waals surface area (Å²) in [4.78, 5) is 0. The average Bonchev–Trinajstić information content (AvgIpc) is 2.18. The molecule has 0 unspecified atom stereocenters. The highest BCUT2D eigenvalue weighted by Crippen LogP contribution is 2.21. The minimum absolute atomic E-state index is 0.171. The first-order valence-corrected chi connectivity index (χ1v) is 4.77. The minimum Gasteiger partial charge on any atom is -0.332 e. The van der Waals surface area contributed by atoms with E-state index in [0.29, 0.717) is 5.56 Å². The van der Waals surface area contributed by atoms with Crippen LogP contribution in [0.5, 0.6) is 0 Å². The van der Waals surface area contributed by atoms with E-state index in [9.17, 15) is 4.39 Å². The summed E-state index contributed by atoms with van der Waals surface area (Å²) >= 11 is 3.89. The molecule has 1 nitrogen and oxygen atoms in total. The van der Waals surface area contributed by atoms with Crippen LogP contribution in [0, 0.1) is 19.7 Å². The van der Waals surface area contributed by atoms with Gasteiger partial charge in [0.25, 0.3) is 0 Å². The Balaban J connectivity index is 0.000000671. The van der Waals surface area contributed by atoms with E-state index < -0.39 is 0 Å². The van der Waals surface area contributed by atoms with Crippen LogP contribution in [0.4, 0.5) is 10.1 Å². The molecule has 0 bridgehead atoms. The van der Waals surface area contributed by atoms with Gasteiger partial charge < -0.3 is 4.72 Å². The van der Waals surface area contributed by atoms with E-state index in [2.05, 4.69) is 17.5 Å². The van der Waals surface area contributed by atoms with Crippen molar-refractivity contribution >= 4 is 18.5 Å². The van der Waals surface area contributed by atoms with Gasteiger partial charge in [0.2, 0.25) is 0 Å². The van der Waals surface area contributed by atoms with Crippen molar-refractivity contribution < 1.29 is 4.39 Å². The van der Waals surface area contributed by atoms with Gasteiger partial charge in [-0.3, -0.25) is 0 Å². The first kappa shape index (κ1) is 12.3. The summed E-state index contributed by atoms with van der Waals surface area (Å²) in [5.41, 5.74) is 2.43. The zero-order chi connectivity index (χ0) is 10.4. The molecule has 0 heterocycles. The molecule has 0 aliphatic carbocycles. The number of rotatable bonds is 1. The fraction of sp³-hybridized carbons (Fsp3) is 0.400. The molecule has 1 N–H and O–H groups in total. The van der Waals surface area contributed by atoms with Crippen LogP contribution in [0.15, 0.2) is 12.1 Å². The second kappa shape index (κ2) is 5.86. The zero-order valence-corrected chi connectivity index (χ0v) is 9.37. The van der Waals surface area contributed by atoms with Crippen molar-refractivity contribution in [1.82, 2.24) is 0 Å². The van der Waals surface area contributed by atoms with E-state index in [1.54, 1.807) is 13.0 Å². The van der Waals surface area contributed by atoms with Crippen molar-refractivity contribution in [2.75, 3.05) is 4.72 Å². The third kappa shape index (κ3) is 2.92. The number of halogens is 1. The number of hydrogen-bond acceptors (Lipinski definition) is 2. The van der Waals surface area contributed by atoms with Gasteiger partial charge in [-0.25, -0.2) is 4.39 Å². The van der Waals surface area contributed by atoms with Gasteiger partial charge >= 0.3 is 0 Å². The minimum atomic E-state index is -0.171. The largest absolute Gasteiger partial charge is 0.332 e. The van der Waals surface area contributed by atoms with Crippen molar-refractivity contribution in [2.45, 2.75) is 27.7 Å². The molecule has 0 atom stereocenters. The summed E-state index contributed by atoms with van der Waals surface area (Å²) in [6.45, 7) is 7.61. The molecule has 74 valence electrons. The number of thiol groups is 1. The molecule has 0 fully saturated rings. The van der Waals surface area contributed by atoms with Crippen LogP contribution in [-0.2, 0) is 0 Å². The van der Waals surface area contributed by atoms with Gasteiger partial charge in [-0.2, -0.15) is 0 Å². The maximum atomic E-state index is 12.8. The van der Waals surface area contributed by atoms with Crippen molar-refractivity contribution in [3.8, 4) is 0 Å². The van der Waals surface area contributed by atoms with E-state index in [0.717, 1.165) is 11.3 Å². The Labute approximate surface area is 84.9 Å². The number of anilines is 1. The van der Waals surface area contributed by atoms with Gasteiger partial charge in [-0.1, -0.05) is 26.7 Å². The van der Waals surface area contributed by atoms with Crippen LogP contribution in [0.25, 0.3) is 0 Å². The van der Waals surface area contributed by atoms with Crippen molar-refractivity contribution in [2.24, 2.45) is 0 Å². The zero-order valence-electron chi connectivity index (χ0n) is 8.48. The van der Waals surface area contributed by atoms with E-state index in [-0.39, 0.29) is 5.82 Å². The van der Waals surface area contributed by atoms with Gasteiger partial charge in [-0.05, 0) is 37.1 Å². The predicted octanol–water partition coefficient (Wildman–Crippen LogP) is 3.73. The van der Waals surface area contributed by atoms with Gasteiger partial charge in [0, 0.05) is 5.69 Å². The topological polar surface area (TPSA) is 12.0 Å². The molecule has 1 aromatic carbocycles. The highest BCUT2D eigenvalue weighted by atomic mass is 32.1. The summed E-state index contributed by atoms with van der Waals surface area (Å²) in [5, 5.41) is 0. The summed E-state index contributed by atoms with van der Waals surface area (Å²) in [6.07, 6.45) is 0. The molecule has 1 rings (SSSR count). The predicted molar refractivity (Wildman–Crippen MR) is 59.8 cm³/mol. The van der Waals surface area contributed by atoms with E-state index in [1.165, 1.54) is 6.07 Å². The second-order valence-electron chi connectivity index (χ2n) is 2.46. The third-order valence-corrected chi connectivity index (χ3v) is 2.08. The van der Waals surface area contributed by atoms with Crippen LogP contribution in [0.1, 0.15) is 25.0 Å². The van der Waals surface area contributed by atoms with Crippen LogP contribution in [0.3, 0.4) is 0 Å². The molecular weight excluding hydrogens is 185 g/mol. The smallest absolute Gasteiger partial charge is 0.126 e. The van der Waals surface area contributed by atoms with Crippen molar-refractivity contribution in [1.29, 1.82) is 0 Å². The Hall–Kier alpha value is -0.700. The SMILES string of the molecule is CC.Cc1c(F)ccc(NS)c1C.